The molecule has 0 spiro atoms. The van der Waals surface area contributed by atoms with Gasteiger partial charge in [0.2, 0.25) is 0 Å². The number of benzene rings is 2. The largest absolute Gasteiger partial charge is 0.316 e. The Morgan fingerprint density at radius 1 is 0.905 bits per heavy atom. The highest BCUT2D eigenvalue weighted by Gasteiger charge is 2.29. The van der Waals surface area contributed by atoms with E-state index in [1.165, 1.54) is 24.0 Å². The smallest absolute Gasteiger partial charge is 0.0156 e. The maximum Gasteiger partial charge on any atom is 0.0156 e. The van der Waals surface area contributed by atoms with E-state index >= 15 is 0 Å². The zero-order valence-electron chi connectivity index (χ0n) is 13.5. The van der Waals surface area contributed by atoms with Gasteiger partial charge in [0, 0.05) is 11.5 Å². The predicted molar refractivity (Wildman–Crippen MR) is 91.7 cm³/mol. The molecule has 2 rings (SSSR count). The molecule has 21 heavy (non-hydrogen) atoms. The van der Waals surface area contributed by atoms with Crippen molar-refractivity contribution in [1.29, 1.82) is 0 Å². The third-order valence-electron chi connectivity index (χ3n) is 4.54. The zero-order chi connectivity index (χ0) is 15.1. The van der Waals surface area contributed by atoms with Crippen LogP contribution in [0.2, 0.25) is 0 Å². The van der Waals surface area contributed by atoms with Crippen molar-refractivity contribution in [1.82, 2.24) is 5.32 Å². The first-order valence-corrected chi connectivity index (χ1v) is 7.91. The van der Waals surface area contributed by atoms with Crippen LogP contribution in [0.3, 0.4) is 0 Å². The second kappa shape index (κ2) is 7.42. The van der Waals surface area contributed by atoms with Gasteiger partial charge in [-0.15, -0.1) is 0 Å². The first-order valence-electron chi connectivity index (χ1n) is 7.91. The normalized spacial score (nSPS) is 13.1. The van der Waals surface area contributed by atoms with Crippen molar-refractivity contribution in [2.24, 2.45) is 0 Å². The Morgan fingerprint density at radius 3 is 2.05 bits per heavy atom. The standard InChI is InChI=1S/C20H27N/c1-20(2,18-14-8-5-9-15-18)19(21-3)16-10-13-17-11-6-4-7-12-17/h4-9,11-12,14-15,19,21H,10,13,16H2,1-3H3. The zero-order valence-corrected chi connectivity index (χ0v) is 13.5. The van der Waals surface area contributed by atoms with Crippen LogP contribution in [0.4, 0.5) is 0 Å². The van der Waals surface area contributed by atoms with E-state index < -0.39 is 0 Å². The fourth-order valence-corrected chi connectivity index (χ4v) is 3.09. The molecule has 112 valence electrons. The van der Waals surface area contributed by atoms with Crippen molar-refractivity contribution >= 4 is 0 Å². The van der Waals surface area contributed by atoms with Gasteiger partial charge >= 0.3 is 0 Å². The summed E-state index contributed by atoms with van der Waals surface area (Å²) in [5.41, 5.74) is 2.99. The molecule has 0 fully saturated rings. The van der Waals surface area contributed by atoms with Gasteiger partial charge in [0.1, 0.15) is 0 Å². The molecule has 0 bridgehead atoms. The average molecular weight is 281 g/mol. The van der Waals surface area contributed by atoms with E-state index in [0.717, 1.165) is 6.42 Å². The molecule has 1 atom stereocenters. The number of nitrogens with one attached hydrogen (secondary N) is 1. The molecule has 1 heteroatoms. The molecule has 0 saturated heterocycles. The lowest BCUT2D eigenvalue weighted by Gasteiger charge is -2.35. The molecule has 0 aromatic heterocycles. The summed E-state index contributed by atoms with van der Waals surface area (Å²) in [7, 11) is 2.08. The van der Waals surface area contributed by atoms with E-state index in [0.29, 0.717) is 6.04 Å². The quantitative estimate of drug-likeness (QED) is 0.783. The molecule has 1 N–H and O–H groups in total. The Bertz CT molecular complexity index is 516. The molecule has 0 saturated carbocycles. The Balaban J connectivity index is 1.96. The summed E-state index contributed by atoms with van der Waals surface area (Å²) < 4.78 is 0. The van der Waals surface area contributed by atoms with Crippen LogP contribution in [-0.4, -0.2) is 13.1 Å². The van der Waals surface area contributed by atoms with Gasteiger partial charge in [0.05, 0.1) is 0 Å². The van der Waals surface area contributed by atoms with Crippen LogP contribution in [0.15, 0.2) is 60.7 Å². The molecule has 0 aliphatic carbocycles. The summed E-state index contributed by atoms with van der Waals surface area (Å²) in [4.78, 5) is 0. The maximum atomic E-state index is 3.53. The number of aryl methyl sites for hydroxylation is 1. The van der Waals surface area contributed by atoms with Crippen molar-refractivity contribution in [2.45, 2.75) is 44.6 Å². The lowest BCUT2D eigenvalue weighted by Crippen LogP contribution is -2.43. The van der Waals surface area contributed by atoms with E-state index in [2.05, 4.69) is 86.9 Å². The molecule has 2 aromatic rings. The van der Waals surface area contributed by atoms with Crippen LogP contribution < -0.4 is 5.32 Å². The van der Waals surface area contributed by atoms with Crippen LogP contribution in [0.5, 0.6) is 0 Å². The second-order valence-electron chi connectivity index (χ2n) is 6.31. The minimum Gasteiger partial charge on any atom is -0.316 e. The van der Waals surface area contributed by atoms with Gasteiger partial charge in [0.25, 0.3) is 0 Å². The van der Waals surface area contributed by atoms with Crippen LogP contribution in [0, 0.1) is 0 Å². The first-order chi connectivity index (χ1) is 10.1. The average Bonchev–Trinajstić information content (AvgIpc) is 2.53. The minimum absolute atomic E-state index is 0.146. The van der Waals surface area contributed by atoms with Gasteiger partial charge in [0.15, 0.2) is 0 Å². The highest BCUT2D eigenvalue weighted by molar-refractivity contribution is 5.25. The molecule has 0 aliphatic rings. The van der Waals surface area contributed by atoms with Crippen molar-refractivity contribution in [3.63, 3.8) is 0 Å². The topological polar surface area (TPSA) is 12.0 Å². The number of hydrogen-bond acceptors (Lipinski definition) is 1. The third-order valence-corrected chi connectivity index (χ3v) is 4.54. The first kappa shape index (κ1) is 15.8. The molecule has 0 radical (unpaired) electrons. The molecular weight excluding hydrogens is 254 g/mol. The molecular formula is C20H27N. The fourth-order valence-electron chi connectivity index (χ4n) is 3.09. The number of rotatable bonds is 7. The molecule has 1 unspecified atom stereocenters. The van der Waals surface area contributed by atoms with Gasteiger partial charge in [-0.25, -0.2) is 0 Å². The molecule has 0 amide bonds. The Hall–Kier alpha value is -1.60. The van der Waals surface area contributed by atoms with E-state index in [9.17, 15) is 0 Å². The lowest BCUT2D eigenvalue weighted by atomic mass is 9.76. The third kappa shape index (κ3) is 4.18. The summed E-state index contributed by atoms with van der Waals surface area (Å²) in [5.74, 6) is 0. The van der Waals surface area contributed by atoms with E-state index in [4.69, 9.17) is 0 Å². The number of likely N-dealkylation sites (N-methyl/N-ethyl adjacent to an activating group) is 1. The SMILES string of the molecule is CNC(CCCc1ccccc1)C(C)(C)c1ccccc1. The van der Waals surface area contributed by atoms with Crippen molar-refractivity contribution in [3.05, 3.63) is 71.8 Å². The monoisotopic (exact) mass is 281 g/mol. The second-order valence-corrected chi connectivity index (χ2v) is 6.31. The van der Waals surface area contributed by atoms with E-state index in [-0.39, 0.29) is 5.41 Å². The molecule has 0 heterocycles. The predicted octanol–water partition coefficient (Wildman–Crippen LogP) is 4.58. The number of hydrogen-bond donors (Lipinski definition) is 1. The van der Waals surface area contributed by atoms with Gasteiger partial charge in [-0.05, 0) is 37.4 Å². The van der Waals surface area contributed by atoms with Gasteiger partial charge in [-0.2, -0.15) is 0 Å². The Morgan fingerprint density at radius 2 is 1.48 bits per heavy atom. The highest BCUT2D eigenvalue weighted by Crippen LogP contribution is 2.29. The lowest BCUT2D eigenvalue weighted by molar-refractivity contribution is 0.334. The summed E-state index contributed by atoms with van der Waals surface area (Å²) in [6.07, 6.45) is 3.56. The Kier molecular flexibility index (Phi) is 5.58. The van der Waals surface area contributed by atoms with E-state index in [1.54, 1.807) is 0 Å². The van der Waals surface area contributed by atoms with Crippen LogP contribution >= 0.6 is 0 Å². The minimum atomic E-state index is 0.146. The summed E-state index contributed by atoms with van der Waals surface area (Å²) in [5, 5.41) is 3.53. The van der Waals surface area contributed by atoms with Crippen molar-refractivity contribution in [2.75, 3.05) is 7.05 Å². The maximum absolute atomic E-state index is 3.53. The molecule has 1 nitrogen and oxygen atoms in total. The van der Waals surface area contributed by atoms with Gasteiger partial charge in [-0.3, -0.25) is 0 Å². The molecule has 0 aliphatic heterocycles. The highest BCUT2D eigenvalue weighted by atomic mass is 14.9. The van der Waals surface area contributed by atoms with E-state index in [1.807, 2.05) is 0 Å². The molecule has 2 aromatic carbocycles. The Labute approximate surface area is 129 Å². The summed E-state index contributed by atoms with van der Waals surface area (Å²) >= 11 is 0. The van der Waals surface area contributed by atoms with Crippen LogP contribution in [-0.2, 0) is 11.8 Å². The fraction of sp³-hybridized carbons (Fsp3) is 0.400. The van der Waals surface area contributed by atoms with Crippen LogP contribution in [0.1, 0.15) is 37.8 Å². The van der Waals surface area contributed by atoms with Crippen LogP contribution in [0.25, 0.3) is 0 Å². The van der Waals surface area contributed by atoms with Crippen molar-refractivity contribution < 1.29 is 0 Å². The summed E-state index contributed by atoms with van der Waals surface area (Å²) in [6, 6.07) is 22.1. The van der Waals surface area contributed by atoms with Gasteiger partial charge < -0.3 is 5.32 Å². The summed E-state index contributed by atoms with van der Waals surface area (Å²) in [6.45, 7) is 4.68. The van der Waals surface area contributed by atoms with Crippen molar-refractivity contribution in [3.8, 4) is 0 Å². The van der Waals surface area contributed by atoms with Gasteiger partial charge in [-0.1, -0.05) is 74.5 Å².